The van der Waals surface area contributed by atoms with Crippen molar-refractivity contribution in [1.29, 1.82) is 0 Å². The van der Waals surface area contributed by atoms with E-state index >= 15 is 0 Å². The second-order valence-electron chi connectivity index (χ2n) is 6.66. The van der Waals surface area contributed by atoms with Gasteiger partial charge in [0, 0.05) is 26.1 Å². The molecule has 0 saturated carbocycles. The van der Waals surface area contributed by atoms with Crippen molar-refractivity contribution < 1.29 is 22.8 Å². The number of nitrogens with zero attached hydrogens (tertiary/aromatic N) is 2. The lowest BCUT2D eigenvalue weighted by Gasteiger charge is -2.18. The molecule has 5 nitrogen and oxygen atoms in total. The first kappa shape index (κ1) is 20.2. The highest BCUT2D eigenvalue weighted by Crippen LogP contribution is 2.24. The Balaban J connectivity index is 1.87. The summed E-state index contributed by atoms with van der Waals surface area (Å²) < 4.78 is 37.3. The van der Waals surface area contributed by atoms with Crippen molar-refractivity contribution >= 4 is 11.8 Å². The van der Waals surface area contributed by atoms with Gasteiger partial charge in [-0.15, -0.1) is 0 Å². The summed E-state index contributed by atoms with van der Waals surface area (Å²) in [6.07, 6.45) is -4.63. The molecule has 8 heteroatoms. The first-order chi connectivity index (χ1) is 12.2. The predicted octanol–water partition coefficient (Wildman–Crippen LogP) is 2.17. The molecule has 1 atom stereocenters. The quantitative estimate of drug-likeness (QED) is 0.799. The maximum atomic E-state index is 12.4. The first-order valence-electron chi connectivity index (χ1n) is 8.56. The fraction of sp³-hybridized carbons (Fsp3) is 0.556. The molecule has 0 radical (unpaired) electrons. The van der Waals surface area contributed by atoms with Gasteiger partial charge in [0.25, 0.3) is 0 Å². The summed E-state index contributed by atoms with van der Waals surface area (Å²) in [5.74, 6) is -1.76. The molecule has 1 aromatic carbocycles. The first-order valence-corrected chi connectivity index (χ1v) is 8.56. The minimum absolute atomic E-state index is 0.177. The number of amides is 2. The third-order valence-electron chi connectivity index (χ3n) is 4.41. The van der Waals surface area contributed by atoms with E-state index in [-0.39, 0.29) is 25.4 Å². The highest BCUT2D eigenvalue weighted by Gasteiger charge is 2.40. The molecule has 1 aliphatic rings. The Morgan fingerprint density at radius 2 is 2.04 bits per heavy atom. The third kappa shape index (κ3) is 6.01. The van der Waals surface area contributed by atoms with Crippen LogP contribution in [-0.2, 0) is 22.7 Å². The maximum absolute atomic E-state index is 12.4. The van der Waals surface area contributed by atoms with Crippen molar-refractivity contribution in [2.75, 3.05) is 26.7 Å². The van der Waals surface area contributed by atoms with Gasteiger partial charge in [-0.3, -0.25) is 9.59 Å². The molecule has 2 amide bonds. The smallest absolute Gasteiger partial charge is 0.352 e. The van der Waals surface area contributed by atoms with Gasteiger partial charge in [0.15, 0.2) is 0 Å². The Labute approximate surface area is 151 Å². The monoisotopic (exact) mass is 371 g/mol. The van der Waals surface area contributed by atoms with Crippen molar-refractivity contribution in [3.63, 3.8) is 0 Å². The molecule has 1 aliphatic heterocycles. The van der Waals surface area contributed by atoms with Crippen LogP contribution in [0.3, 0.4) is 0 Å². The van der Waals surface area contributed by atoms with Gasteiger partial charge >= 0.3 is 6.18 Å². The normalized spacial score (nSPS) is 17.8. The van der Waals surface area contributed by atoms with Gasteiger partial charge in [-0.25, -0.2) is 0 Å². The van der Waals surface area contributed by atoms with Crippen LogP contribution in [0.25, 0.3) is 0 Å². The van der Waals surface area contributed by atoms with Crippen LogP contribution in [0.5, 0.6) is 0 Å². The highest BCUT2D eigenvalue weighted by molar-refractivity contribution is 5.89. The number of carbonyl (C=O) groups excluding carboxylic acids is 2. The van der Waals surface area contributed by atoms with Crippen LogP contribution in [0, 0.1) is 5.92 Å². The Kier molecular flexibility index (Phi) is 6.63. The van der Waals surface area contributed by atoms with Crippen molar-refractivity contribution in [2.24, 2.45) is 5.92 Å². The largest absolute Gasteiger partial charge is 0.406 e. The number of halogens is 3. The number of hydrogen-bond acceptors (Lipinski definition) is 3. The minimum Gasteiger partial charge on any atom is -0.352 e. The molecule has 0 bridgehead atoms. The lowest BCUT2D eigenvalue weighted by molar-refractivity contribution is -0.157. The molecule has 1 N–H and O–H groups in total. The number of carbonyl (C=O) groups is 2. The van der Waals surface area contributed by atoms with Gasteiger partial charge in [-0.2, -0.15) is 13.2 Å². The summed E-state index contributed by atoms with van der Waals surface area (Å²) in [7, 11) is 2.01. The molecule has 144 valence electrons. The molecule has 26 heavy (non-hydrogen) atoms. The van der Waals surface area contributed by atoms with Crippen LogP contribution in [0.2, 0.25) is 0 Å². The van der Waals surface area contributed by atoms with E-state index in [1.165, 1.54) is 0 Å². The van der Waals surface area contributed by atoms with E-state index < -0.39 is 24.5 Å². The van der Waals surface area contributed by atoms with Gasteiger partial charge in [0.2, 0.25) is 11.8 Å². The van der Waals surface area contributed by atoms with E-state index in [0.717, 1.165) is 24.2 Å². The Morgan fingerprint density at radius 3 is 2.69 bits per heavy atom. The van der Waals surface area contributed by atoms with Crippen molar-refractivity contribution in [3.05, 3.63) is 35.4 Å². The molecule has 1 saturated heterocycles. The summed E-state index contributed by atoms with van der Waals surface area (Å²) in [6, 6.07) is 7.78. The van der Waals surface area contributed by atoms with E-state index in [1.54, 1.807) is 0 Å². The predicted molar refractivity (Wildman–Crippen MR) is 91.0 cm³/mol. The van der Waals surface area contributed by atoms with Gasteiger partial charge in [-0.05, 0) is 24.7 Å². The molecule has 1 fully saturated rings. The van der Waals surface area contributed by atoms with Gasteiger partial charge in [-0.1, -0.05) is 31.2 Å². The Hall–Kier alpha value is -2.09. The fourth-order valence-electron chi connectivity index (χ4n) is 2.91. The zero-order valence-corrected chi connectivity index (χ0v) is 15.0. The highest BCUT2D eigenvalue weighted by atomic mass is 19.4. The van der Waals surface area contributed by atoms with Crippen LogP contribution < -0.4 is 5.32 Å². The average Bonchev–Trinajstić information content (AvgIpc) is 2.92. The zero-order valence-electron chi connectivity index (χ0n) is 15.0. The van der Waals surface area contributed by atoms with E-state index in [0.29, 0.717) is 4.90 Å². The van der Waals surface area contributed by atoms with Crippen molar-refractivity contribution in [3.8, 4) is 0 Å². The van der Waals surface area contributed by atoms with Crippen LogP contribution in [0.15, 0.2) is 24.3 Å². The molecule has 0 spiro atoms. The minimum atomic E-state index is -4.45. The zero-order chi connectivity index (χ0) is 19.3. The number of hydrogen-bond donors (Lipinski definition) is 1. The van der Waals surface area contributed by atoms with Crippen LogP contribution >= 0.6 is 0 Å². The van der Waals surface area contributed by atoms with E-state index in [2.05, 4.69) is 17.1 Å². The lowest BCUT2D eigenvalue weighted by Crippen LogP contribution is -2.37. The molecular weight excluding hydrogens is 347 g/mol. The summed E-state index contributed by atoms with van der Waals surface area (Å²) in [4.78, 5) is 26.7. The van der Waals surface area contributed by atoms with Crippen molar-refractivity contribution in [1.82, 2.24) is 15.1 Å². The van der Waals surface area contributed by atoms with Gasteiger partial charge < -0.3 is 15.1 Å². The average molecular weight is 371 g/mol. The van der Waals surface area contributed by atoms with E-state index in [4.69, 9.17) is 0 Å². The van der Waals surface area contributed by atoms with Gasteiger partial charge in [0.05, 0.1) is 5.92 Å². The second-order valence-corrected chi connectivity index (χ2v) is 6.66. The molecule has 1 aromatic rings. The summed E-state index contributed by atoms with van der Waals surface area (Å²) >= 11 is 0. The third-order valence-corrected chi connectivity index (χ3v) is 4.41. The standard InChI is InChI=1S/C18H24F3N3O2/c1-3-23(2)10-14-6-4-5-13(7-14)9-22-17(26)15-8-16(25)24(11-15)12-18(19,20)21/h4-7,15H,3,8-12H2,1-2H3,(H,22,26). The van der Waals surface area contributed by atoms with Crippen molar-refractivity contribution in [2.45, 2.75) is 32.6 Å². The topological polar surface area (TPSA) is 52.7 Å². The Bertz CT molecular complexity index is 649. The number of rotatable bonds is 7. The van der Waals surface area contributed by atoms with E-state index in [1.807, 2.05) is 31.3 Å². The fourth-order valence-corrected chi connectivity index (χ4v) is 2.91. The lowest BCUT2D eigenvalue weighted by atomic mass is 10.1. The molecule has 2 rings (SSSR count). The molecule has 0 aliphatic carbocycles. The Morgan fingerprint density at radius 1 is 1.35 bits per heavy atom. The molecular formula is C18H24F3N3O2. The summed E-state index contributed by atoms with van der Waals surface area (Å²) in [6.45, 7) is 2.57. The number of benzene rings is 1. The number of alkyl halides is 3. The van der Waals surface area contributed by atoms with Crippen LogP contribution in [0.1, 0.15) is 24.5 Å². The summed E-state index contributed by atoms with van der Waals surface area (Å²) in [5.41, 5.74) is 2.03. The SMILES string of the molecule is CCN(C)Cc1cccc(CNC(=O)C2CC(=O)N(CC(F)(F)F)C2)c1. The van der Waals surface area contributed by atoms with Gasteiger partial charge in [0.1, 0.15) is 6.54 Å². The number of likely N-dealkylation sites (tertiary alicyclic amines) is 1. The molecule has 1 unspecified atom stereocenters. The van der Waals surface area contributed by atoms with E-state index in [9.17, 15) is 22.8 Å². The molecule has 0 aromatic heterocycles. The molecule has 1 heterocycles. The summed E-state index contributed by atoms with van der Waals surface area (Å²) in [5, 5.41) is 2.73. The maximum Gasteiger partial charge on any atom is 0.406 e. The second kappa shape index (κ2) is 8.53. The number of nitrogens with one attached hydrogen (secondary N) is 1. The van der Waals surface area contributed by atoms with Crippen LogP contribution in [0.4, 0.5) is 13.2 Å². The van der Waals surface area contributed by atoms with Crippen LogP contribution in [-0.4, -0.2) is 54.5 Å².